The van der Waals surface area contributed by atoms with Crippen LogP contribution in [0.1, 0.15) is 24.1 Å². The van der Waals surface area contributed by atoms with Gasteiger partial charge in [-0.15, -0.1) is 0 Å². The molecular formula is C13H16ClFN4. The summed E-state index contributed by atoms with van der Waals surface area (Å²) in [6, 6.07) is 4.27. The van der Waals surface area contributed by atoms with Crippen molar-refractivity contribution in [3.63, 3.8) is 0 Å². The van der Waals surface area contributed by atoms with Crippen LogP contribution in [0, 0.1) is 5.82 Å². The quantitative estimate of drug-likeness (QED) is 0.654. The third-order valence-electron chi connectivity index (χ3n) is 2.99. The highest BCUT2D eigenvalue weighted by molar-refractivity contribution is 6.30. The molecule has 4 nitrogen and oxygen atoms in total. The van der Waals surface area contributed by atoms with Gasteiger partial charge < -0.3 is 0 Å². The summed E-state index contributed by atoms with van der Waals surface area (Å²) in [6.45, 7) is 2.81. The highest BCUT2D eigenvalue weighted by Crippen LogP contribution is 2.23. The van der Waals surface area contributed by atoms with Crippen molar-refractivity contribution in [2.75, 3.05) is 0 Å². The Bertz CT molecular complexity index is 555. The summed E-state index contributed by atoms with van der Waals surface area (Å²) >= 11 is 5.74. The van der Waals surface area contributed by atoms with Crippen LogP contribution in [0.3, 0.4) is 0 Å². The Morgan fingerprint density at radius 3 is 2.89 bits per heavy atom. The molecule has 2 rings (SSSR count). The van der Waals surface area contributed by atoms with Crippen LogP contribution in [0.25, 0.3) is 0 Å². The molecule has 0 bridgehead atoms. The predicted octanol–water partition coefficient (Wildman–Crippen LogP) is 2.44. The van der Waals surface area contributed by atoms with Gasteiger partial charge in [0.15, 0.2) is 0 Å². The van der Waals surface area contributed by atoms with Crippen molar-refractivity contribution < 1.29 is 4.39 Å². The van der Waals surface area contributed by atoms with Crippen LogP contribution in [-0.4, -0.2) is 9.78 Å². The minimum Gasteiger partial charge on any atom is -0.273 e. The average molecular weight is 283 g/mol. The lowest BCUT2D eigenvalue weighted by atomic mass is 10.0. The number of hydrogen-bond acceptors (Lipinski definition) is 3. The van der Waals surface area contributed by atoms with Crippen molar-refractivity contribution in [2.45, 2.75) is 25.9 Å². The van der Waals surface area contributed by atoms with E-state index in [0.717, 1.165) is 12.1 Å². The van der Waals surface area contributed by atoms with E-state index in [1.54, 1.807) is 18.3 Å². The molecule has 0 aliphatic heterocycles. The first-order valence-corrected chi connectivity index (χ1v) is 6.44. The Hall–Kier alpha value is -1.43. The normalized spacial score (nSPS) is 12.6. The van der Waals surface area contributed by atoms with Gasteiger partial charge in [0, 0.05) is 23.3 Å². The van der Waals surface area contributed by atoms with E-state index in [9.17, 15) is 4.39 Å². The number of nitrogens with one attached hydrogen (secondary N) is 1. The molecule has 6 heteroatoms. The van der Waals surface area contributed by atoms with Crippen LogP contribution in [0.5, 0.6) is 0 Å². The molecule has 1 heterocycles. The largest absolute Gasteiger partial charge is 0.273 e. The lowest BCUT2D eigenvalue weighted by molar-refractivity contribution is 0.510. The van der Waals surface area contributed by atoms with E-state index in [0.29, 0.717) is 17.0 Å². The Kier molecular flexibility index (Phi) is 4.52. The molecule has 1 unspecified atom stereocenters. The molecule has 0 aliphatic carbocycles. The number of hydrogen-bond donors (Lipinski definition) is 2. The lowest BCUT2D eigenvalue weighted by Crippen LogP contribution is -2.30. The van der Waals surface area contributed by atoms with E-state index >= 15 is 0 Å². The number of nitrogens with two attached hydrogens (primary N) is 1. The Labute approximate surface area is 116 Å². The fraction of sp³-hybridized carbons (Fsp3) is 0.308. The van der Waals surface area contributed by atoms with Gasteiger partial charge in [-0.05, 0) is 31.0 Å². The Morgan fingerprint density at radius 1 is 1.53 bits per heavy atom. The fourth-order valence-corrected chi connectivity index (χ4v) is 2.12. The standard InChI is InChI=1S/C13H16ClFN4/c1-2-19-8-9(7-17-19)5-13(18-16)11-4-3-10(14)6-12(11)15/h3-4,6-8,13,18H,2,5,16H2,1H3. The van der Waals surface area contributed by atoms with Gasteiger partial charge in [0.2, 0.25) is 0 Å². The van der Waals surface area contributed by atoms with Crippen molar-refractivity contribution in [2.24, 2.45) is 5.84 Å². The van der Waals surface area contributed by atoms with Gasteiger partial charge in [-0.1, -0.05) is 17.7 Å². The van der Waals surface area contributed by atoms with Crippen molar-refractivity contribution >= 4 is 11.6 Å². The maximum absolute atomic E-state index is 13.9. The van der Waals surface area contributed by atoms with Crippen molar-refractivity contribution in [3.8, 4) is 0 Å². The first-order chi connectivity index (χ1) is 9.13. The molecule has 19 heavy (non-hydrogen) atoms. The number of nitrogens with zero attached hydrogens (tertiary/aromatic N) is 2. The number of benzene rings is 1. The van der Waals surface area contributed by atoms with Crippen molar-refractivity contribution in [1.29, 1.82) is 0 Å². The van der Waals surface area contributed by atoms with E-state index < -0.39 is 0 Å². The third-order valence-corrected chi connectivity index (χ3v) is 3.22. The molecule has 102 valence electrons. The molecule has 0 saturated heterocycles. The Balaban J connectivity index is 2.19. The van der Waals surface area contributed by atoms with Crippen molar-refractivity contribution in [3.05, 3.63) is 52.6 Å². The molecule has 1 aromatic heterocycles. The van der Waals surface area contributed by atoms with E-state index in [4.69, 9.17) is 17.4 Å². The van der Waals surface area contributed by atoms with Gasteiger partial charge in [0.05, 0.1) is 12.2 Å². The first kappa shape index (κ1) is 14.0. The number of aromatic nitrogens is 2. The molecule has 0 spiro atoms. The molecule has 1 atom stereocenters. The molecule has 0 aliphatic rings. The van der Waals surface area contributed by atoms with Crippen LogP contribution in [0.4, 0.5) is 4.39 Å². The highest BCUT2D eigenvalue weighted by Gasteiger charge is 2.16. The summed E-state index contributed by atoms with van der Waals surface area (Å²) in [7, 11) is 0. The monoisotopic (exact) mass is 282 g/mol. The molecule has 0 saturated carbocycles. The van der Waals surface area contributed by atoms with Crippen LogP contribution >= 0.6 is 11.6 Å². The van der Waals surface area contributed by atoms with Gasteiger partial charge in [-0.3, -0.25) is 16.0 Å². The summed E-state index contributed by atoms with van der Waals surface area (Å²) in [4.78, 5) is 0. The van der Waals surface area contributed by atoms with Gasteiger partial charge in [-0.25, -0.2) is 4.39 Å². The maximum atomic E-state index is 13.9. The van der Waals surface area contributed by atoms with E-state index in [2.05, 4.69) is 10.5 Å². The first-order valence-electron chi connectivity index (χ1n) is 6.06. The van der Waals surface area contributed by atoms with E-state index in [1.165, 1.54) is 6.07 Å². The van der Waals surface area contributed by atoms with Gasteiger partial charge in [0.25, 0.3) is 0 Å². The van der Waals surface area contributed by atoms with Crippen LogP contribution in [-0.2, 0) is 13.0 Å². The van der Waals surface area contributed by atoms with Gasteiger partial charge >= 0.3 is 0 Å². The minimum atomic E-state index is -0.363. The third kappa shape index (κ3) is 3.32. The number of halogens is 2. The second-order valence-electron chi connectivity index (χ2n) is 4.29. The van der Waals surface area contributed by atoms with Crippen LogP contribution in [0.15, 0.2) is 30.6 Å². The number of rotatable bonds is 5. The van der Waals surface area contributed by atoms with Crippen LogP contribution in [0.2, 0.25) is 5.02 Å². The molecule has 2 aromatic rings. The molecule has 3 N–H and O–H groups in total. The minimum absolute atomic E-state index is 0.313. The molecular weight excluding hydrogens is 267 g/mol. The fourth-order valence-electron chi connectivity index (χ4n) is 1.96. The maximum Gasteiger partial charge on any atom is 0.129 e. The van der Waals surface area contributed by atoms with Gasteiger partial charge in [0.1, 0.15) is 5.82 Å². The predicted molar refractivity (Wildman–Crippen MR) is 73.1 cm³/mol. The highest BCUT2D eigenvalue weighted by atomic mass is 35.5. The SMILES string of the molecule is CCn1cc(CC(NN)c2ccc(Cl)cc2F)cn1. The zero-order chi connectivity index (χ0) is 13.8. The van der Waals surface area contributed by atoms with Crippen LogP contribution < -0.4 is 11.3 Å². The summed E-state index contributed by atoms with van der Waals surface area (Å²) < 4.78 is 15.7. The zero-order valence-corrected chi connectivity index (χ0v) is 11.4. The lowest BCUT2D eigenvalue weighted by Gasteiger charge is -2.16. The Morgan fingerprint density at radius 2 is 2.32 bits per heavy atom. The number of hydrazine groups is 1. The second-order valence-corrected chi connectivity index (χ2v) is 4.73. The molecule has 0 radical (unpaired) electrons. The topological polar surface area (TPSA) is 55.9 Å². The van der Waals surface area contributed by atoms with E-state index in [-0.39, 0.29) is 11.9 Å². The van der Waals surface area contributed by atoms with Crippen molar-refractivity contribution in [1.82, 2.24) is 15.2 Å². The molecule has 0 amide bonds. The summed E-state index contributed by atoms with van der Waals surface area (Å²) in [6.07, 6.45) is 4.26. The summed E-state index contributed by atoms with van der Waals surface area (Å²) in [5.74, 6) is 5.16. The second kappa shape index (κ2) is 6.14. The molecule has 0 fully saturated rings. The summed E-state index contributed by atoms with van der Waals surface area (Å²) in [5.41, 5.74) is 4.13. The smallest absolute Gasteiger partial charge is 0.129 e. The zero-order valence-electron chi connectivity index (χ0n) is 10.6. The summed E-state index contributed by atoms with van der Waals surface area (Å²) in [5, 5.41) is 4.56. The molecule has 1 aromatic carbocycles. The number of aryl methyl sites for hydroxylation is 1. The van der Waals surface area contributed by atoms with E-state index in [1.807, 2.05) is 17.8 Å². The average Bonchev–Trinajstić information content (AvgIpc) is 2.84. The van der Waals surface area contributed by atoms with Gasteiger partial charge in [-0.2, -0.15) is 5.10 Å².